The minimum Gasteiger partial charge on any atom is -0.384 e. The second-order valence-corrected chi connectivity index (χ2v) is 4.56. The summed E-state index contributed by atoms with van der Waals surface area (Å²) in [6.07, 6.45) is 0.923. The van der Waals surface area contributed by atoms with Crippen molar-refractivity contribution in [1.82, 2.24) is 4.98 Å². The van der Waals surface area contributed by atoms with Gasteiger partial charge in [-0.15, -0.1) is 0 Å². The van der Waals surface area contributed by atoms with E-state index in [0.29, 0.717) is 11.1 Å². The van der Waals surface area contributed by atoms with E-state index in [0.717, 1.165) is 16.5 Å². The Morgan fingerprint density at radius 1 is 1.05 bits per heavy atom. The van der Waals surface area contributed by atoms with Crippen LogP contribution in [0.2, 0.25) is 0 Å². The first-order chi connectivity index (χ1) is 9.79. The minimum atomic E-state index is -0.790. The number of benzene rings is 2. The lowest BCUT2D eigenvalue weighted by molar-refractivity contribution is 0.221. The Hall–Kier alpha value is -2.70. The van der Waals surface area contributed by atoms with E-state index in [4.69, 9.17) is 5.26 Å². The second-order valence-electron chi connectivity index (χ2n) is 4.56. The fraction of sp³-hybridized carbons (Fsp3) is 0.0588. The zero-order chi connectivity index (χ0) is 13.9. The molecule has 3 rings (SSSR count). The van der Waals surface area contributed by atoms with Gasteiger partial charge in [0.05, 0.1) is 17.1 Å². The fourth-order valence-corrected chi connectivity index (χ4v) is 2.31. The van der Waals surface area contributed by atoms with Gasteiger partial charge < -0.3 is 5.11 Å². The Labute approximate surface area is 116 Å². The highest BCUT2D eigenvalue weighted by atomic mass is 16.3. The Bertz CT molecular complexity index is 800. The van der Waals surface area contributed by atoms with Crippen LogP contribution in [-0.4, -0.2) is 10.1 Å². The number of fused-ring (bicyclic) bond motifs is 1. The highest BCUT2D eigenvalue weighted by Gasteiger charge is 2.14. The molecule has 1 heterocycles. The van der Waals surface area contributed by atoms with E-state index in [2.05, 4.69) is 11.1 Å². The Morgan fingerprint density at radius 2 is 1.85 bits per heavy atom. The number of nitriles is 1. The zero-order valence-corrected chi connectivity index (χ0v) is 10.7. The summed E-state index contributed by atoms with van der Waals surface area (Å²) >= 11 is 0. The molecule has 0 aliphatic carbocycles. The monoisotopic (exact) mass is 260 g/mol. The molecular weight excluding hydrogens is 248 g/mol. The van der Waals surface area contributed by atoms with Gasteiger partial charge in [-0.05, 0) is 23.8 Å². The topological polar surface area (TPSA) is 56.9 Å². The number of aromatic nitrogens is 1. The van der Waals surface area contributed by atoms with Crippen LogP contribution in [0.25, 0.3) is 10.9 Å². The minimum absolute atomic E-state index is 0.537. The molecule has 0 saturated carbocycles. The number of para-hydroxylation sites is 1. The molecule has 3 heteroatoms. The van der Waals surface area contributed by atoms with Crippen molar-refractivity contribution in [3.8, 4) is 6.07 Å². The van der Waals surface area contributed by atoms with E-state index < -0.39 is 6.10 Å². The molecule has 0 amide bonds. The molecular formula is C17H12N2O. The number of hydrogen-bond acceptors (Lipinski definition) is 3. The predicted octanol–water partition coefficient (Wildman–Crippen LogP) is 3.19. The third kappa shape index (κ3) is 2.13. The van der Waals surface area contributed by atoms with Crippen LogP contribution >= 0.6 is 0 Å². The SMILES string of the molecule is N#Cc1cccc(C(O)c2cccc3cccnc23)c1. The molecule has 2 aromatic carbocycles. The smallest absolute Gasteiger partial charge is 0.106 e. The van der Waals surface area contributed by atoms with Crippen molar-refractivity contribution in [1.29, 1.82) is 5.26 Å². The average molecular weight is 260 g/mol. The standard InChI is InChI=1S/C17H12N2O/c18-11-12-4-1-6-14(10-12)17(20)15-8-2-5-13-7-3-9-19-16(13)15/h1-10,17,20H. The van der Waals surface area contributed by atoms with E-state index >= 15 is 0 Å². The largest absolute Gasteiger partial charge is 0.384 e. The average Bonchev–Trinajstić information content (AvgIpc) is 2.53. The van der Waals surface area contributed by atoms with Gasteiger partial charge in [0.25, 0.3) is 0 Å². The summed E-state index contributed by atoms with van der Waals surface area (Å²) in [4.78, 5) is 4.35. The molecule has 1 N–H and O–H groups in total. The highest BCUT2D eigenvalue weighted by Crippen LogP contribution is 2.27. The molecule has 1 aromatic heterocycles. The van der Waals surface area contributed by atoms with Crippen molar-refractivity contribution in [3.05, 3.63) is 77.5 Å². The van der Waals surface area contributed by atoms with Gasteiger partial charge in [0.1, 0.15) is 6.10 Å². The molecule has 3 nitrogen and oxygen atoms in total. The quantitative estimate of drug-likeness (QED) is 0.769. The van der Waals surface area contributed by atoms with Gasteiger partial charge in [-0.3, -0.25) is 4.98 Å². The molecule has 0 fully saturated rings. The molecule has 1 unspecified atom stereocenters. The van der Waals surface area contributed by atoms with Crippen molar-refractivity contribution in [2.45, 2.75) is 6.10 Å². The van der Waals surface area contributed by atoms with Crippen molar-refractivity contribution in [2.75, 3.05) is 0 Å². The number of pyridine rings is 1. The molecule has 0 aliphatic rings. The fourth-order valence-electron chi connectivity index (χ4n) is 2.31. The van der Waals surface area contributed by atoms with Crippen molar-refractivity contribution < 1.29 is 5.11 Å². The van der Waals surface area contributed by atoms with E-state index in [1.165, 1.54) is 0 Å². The molecule has 0 bridgehead atoms. The lowest BCUT2D eigenvalue weighted by Gasteiger charge is -2.13. The number of aliphatic hydroxyl groups excluding tert-OH is 1. The summed E-state index contributed by atoms with van der Waals surface area (Å²) < 4.78 is 0. The molecule has 3 aromatic rings. The summed E-state index contributed by atoms with van der Waals surface area (Å²) in [6.45, 7) is 0. The van der Waals surface area contributed by atoms with Gasteiger partial charge in [0.15, 0.2) is 0 Å². The molecule has 20 heavy (non-hydrogen) atoms. The maximum atomic E-state index is 10.6. The van der Waals surface area contributed by atoms with Crippen molar-refractivity contribution in [3.63, 3.8) is 0 Å². The van der Waals surface area contributed by atoms with Crippen LogP contribution in [0.3, 0.4) is 0 Å². The van der Waals surface area contributed by atoms with Gasteiger partial charge >= 0.3 is 0 Å². The third-order valence-electron chi connectivity index (χ3n) is 3.29. The van der Waals surface area contributed by atoms with Crippen LogP contribution in [0, 0.1) is 11.3 Å². The lowest BCUT2D eigenvalue weighted by Crippen LogP contribution is -2.01. The van der Waals surface area contributed by atoms with Crippen LogP contribution in [-0.2, 0) is 0 Å². The first-order valence-corrected chi connectivity index (χ1v) is 6.31. The molecule has 0 aliphatic heterocycles. The van der Waals surface area contributed by atoms with E-state index in [-0.39, 0.29) is 0 Å². The lowest BCUT2D eigenvalue weighted by atomic mass is 9.98. The first-order valence-electron chi connectivity index (χ1n) is 6.31. The second kappa shape index (κ2) is 5.12. The van der Waals surface area contributed by atoms with Crippen LogP contribution < -0.4 is 0 Å². The van der Waals surface area contributed by atoms with Crippen molar-refractivity contribution in [2.24, 2.45) is 0 Å². The van der Waals surface area contributed by atoms with E-state index in [1.54, 1.807) is 24.4 Å². The highest BCUT2D eigenvalue weighted by molar-refractivity contribution is 5.82. The zero-order valence-electron chi connectivity index (χ0n) is 10.7. The summed E-state index contributed by atoms with van der Waals surface area (Å²) in [5.41, 5.74) is 2.76. The number of rotatable bonds is 2. The number of aliphatic hydroxyl groups is 1. The van der Waals surface area contributed by atoms with Gasteiger partial charge in [0.2, 0.25) is 0 Å². The summed E-state index contributed by atoms with van der Waals surface area (Å²) in [5.74, 6) is 0. The molecule has 0 radical (unpaired) electrons. The predicted molar refractivity (Wildman–Crippen MR) is 77.0 cm³/mol. The summed E-state index contributed by atoms with van der Waals surface area (Å²) in [5, 5.41) is 20.5. The normalized spacial score (nSPS) is 12.0. The van der Waals surface area contributed by atoms with E-state index in [1.807, 2.05) is 36.4 Å². The number of hydrogen-bond donors (Lipinski definition) is 1. The Morgan fingerprint density at radius 3 is 2.70 bits per heavy atom. The summed E-state index contributed by atoms with van der Waals surface area (Å²) in [7, 11) is 0. The Balaban J connectivity index is 2.13. The first kappa shape index (κ1) is 12.3. The maximum absolute atomic E-state index is 10.6. The van der Waals surface area contributed by atoms with Gasteiger partial charge in [-0.1, -0.05) is 36.4 Å². The van der Waals surface area contributed by atoms with Crippen molar-refractivity contribution >= 4 is 10.9 Å². The van der Waals surface area contributed by atoms with Crippen LogP contribution in [0.5, 0.6) is 0 Å². The van der Waals surface area contributed by atoms with Gasteiger partial charge in [-0.25, -0.2) is 0 Å². The molecule has 96 valence electrons. The summed E-state index contributed by atoms with van der Waals surface area (Å²) in [6, 6.07) is 18.6. The van der Waals surface area contributed by atoms with Gasteiger partial charge in [-0.2, -0.15) is 5.26 Å². The molecule has 1 atom stereocenters. The van der Waals surface area contributed by atoms with Crippen LogP contribution in [0.1, 0.15) is 22.8 Å². The maximum Gasteiger partial charge on any atom is 0.106 e. The molecule has 0 saturated heterocycles. The van der Waals surface area contributed by atoms with Crippen LogP contribution in [0.4, 0.5) is 0 Å². The van der Waals surface area contributed by atoms with E-state index in [9.17, 15) is 5.11 Å². The van der Waals surface area contributed by atoms with Gasteiger partial charge in [0, 0.05) is 17.1 Å². The third-order valence-corrected chi connectivity index (χ3v) is 3.29. The Kier molecular flexibility index (Phi) is 3.16. The van der Waals surface area contributed by atoms with Crippen LogP contribution in [0.15, 0.2) is 60.8 Å². The molecule has 0 spiro atoms. The number of nitrogens with zero attached hydrogens (tertiary/aromatic N) is 2.